The lowest BCUT2D eigenvalue weighted by Gasteiger charge is -2.28. The predicted molar refractivity (Wildman–Crippen MR) is 67.2 cm³/mol. The maximum absolute atomic E-state index is 11.8. The van der Waals surface area contributed by atoms with Crippen LogP contribution in [0.3, 0.4) is 0 Å². The zero-order valence-electron chi connectivity index (χ0n) is 10.6. The fraction of sp³-hybridized carbons (Fsp3) is 0.500. The number of benzene rings is 1. The van der Waals surface area contributed by atoms with E-state index in [4.69, 9.17) is 0 Å². The fourth-order valence-electron chi connectivity index (χ4n) is 1.29. The maximum atomic E-state index is 11.8. The first-order valence-corrected chi connectivity index (χ1v) is 5.73. The van der Waals surface area contributed by atoms with Crippen molar-refractivity contribution in [2.75, 3.05) is 0 Å². The Hall–Kier alpha value is -1.31. The minimum absolute atomic E-state index is 0.0913. The standard InChI is InChI=1S/C14H21NO/c1-11(14(2,3)4)15-13(16)10-12-8-6-5-7-9-12/h5-9,11H,10H2,1-4H3,(H,15,16)/t11-/m1/s1. The molecule has 1 amide bonds. The molecule has 0 aliphatic heterocycles. The topological polar surface area (TPSA) is 29.1 Å². The van der Waals surface area contributed by atoms with E-state index in [1.54, 1.807) is 0 Å². The van der Waals surface area contributed by atoms with E-state index >= 15 is 0 Å². The maximum Gasteiger partial charge on any atom is 0.224 e. The van der Waals surface area contributed by atoms with E-state index in [0.717, 1.165) is 5.56 Å². The molecule has 2 heteroatoms. The van der Waals surface area contributed by atoms with Gasteiger partial charge in [0.05, 0.1) is 6.42 Å². The molecule has 0 radical (unpaired) electrons. The molecule has 16 heavy (non-hydrogen) atoms. The minimum atomic E-state index is 0.0913. The molecule has 0 unspecified atom stereocenters. The first kappa shape index (κ1) is 12.8. The lowest BCUT2D eigenvalue weighted by atomic mass is 9.88. The number of nitrogens with one attached hydrogen (secondary N) is 1. The van der Waals surface area contributed by atoms with Crippen molar-refractivity contribution in [1.82, 2.24) is 5.32 Å². The van der Waals surface area contributed by atoms with Crippen molar-refractivity contribution in [3.8, 4) is 0 Å². The van der Waals surface area contributed by atoms with Crippen molar-refractivity contribution in [3.05, 3.63) is 35.9 Å². The summed E-state index contributed by atoms with van der Waals surface area (Å²) in [6, 6.07) is 10.00. The second kappa shape index (κ2) is 5.15. The summed E-state index contributed by atoms with van der Waals surface area (Å²) in [7, 11) is 0. The zero-order valence-corrected chi connectivity index (χ0v) is 10.6. The van der Waals surface area contributed by atoms with Gasteiger partial charge in [-0.1, -0.05) is 51.1 Å². The molecule has 1 aromatic carbocycles. The van der Waals surface area contributed by atoms with E-state index in [0.29, 0.717) is 6.42 Å². The van der Waals surface area contributed by atoms with Crippen molar-refractivity contribution in [3.63, 3.8) is 0 Å². The molecule has 0 aliphatic carbocycles. The smallest absolute Gasteiger partial charge is 0.224 e. The van der Waals surface area contributed by atoms with Crippen molar-refractivity contribution in [2.45, 2.75) is 40.2 Å². The Balaban J connectivity index is 2.49. The number of hydrogen-bond donors (Lipinski definition) is 1. The number of amides is 1. The van der Waals surface area contributed by atoms with Crippen LogP contribution in [0.5, 0.6) is 0 Å². The van der Waals surface area contributed by atoms with Crippen LogP contribution in [-0.4, -0.2) is 11.9 Å². The normalized spacial score (nSPS) is 13.2. The highest BCUT2D eigenvalue weighted by molar-refractivity contribution is 5.78. The predicted octanol–water partition coefficient (Wildman–Crippen LogP) is 2.78. The first-order valence-electron chi connectivity index (χ1n) is 5.73. The van der Waals surface area contributed by atoms with Gasteiger partial charge in [-0.25, -0.2) is 0 Å². The molecule has 1 aromatic rings. The van der Waals surface area contributed by atoms with Gasteiger partial charge < -0.3 is 5.32 Å². The molecule has 1 N–H and O–H groups in total. The Morgan fingerprint density at radius 2 is 1.81 bits per heavy atom. The lowest BCUT2D eigenvalue weighted by Crippen LogP contribution is -2.42. The quantitative estimate of drug-likeness (QED) is 0.832. The molecule has 0 bridgehead atoms. The van der Waals surface area contributed by atoms with Gasteiger partial charge in [0.15, 0.2) is 0 Å². The van der Waals surface area contributed by atoms with Crippen molar-refractivity contribution >= 4 is 5.91 Å². The van der Waals surface area contributed by atoms with Crippen LogP contribution >= 0.6 is 0 Å². The van der Waals surface area contributed by atoms with E-state index in [1.165, 1.54) is 0 Å². The minimum Gasteiger partial charge on any atom is -0.353 e. The van der Waals surface area contributed by atoms with Crippen LogP contribution in [0.4, 0.5) is 0 Å². The summed E-state index contributed by atoms with van der Waals surface area (Å²) in [4.78, 5) is 11.8. The van der Waals surface area contributed by atoms with Gasteiger partial charge in [-0.05, 0) is 17.9 Å². The van der Waals surface area contributed by atoms with Crippen LogP contribution in [0.15, 0.2) is 30.3 Å². The van der Waals surface area contributed by atoms with E-state index in [2.05, 4.69) is 26.1 Å². The van der Waals surface area contributed by atoms with Gasteiger partial charge in [0, 0.05) is 6.04 Å². The molecule has 0 saturated heterocycles. The molecule has 1 atom stereocenters. The highest BCUT2D eigenvalue weighted by atomic mass is 16.1. The molecule has 0 aliphatic rings. The van der Waals surface area contributed by atoms with E-state index in [9.17, 15) is 4.79 Å². The van der Waals surface area contributed by atoms with Gasteiger partial charge in [-0.3, -0.25) is 4.79 Å². The third kappa shape index (κ3) is 4.05. The number of hydrogen-bond acceptors (Lipinski definition) is 1. The van der Waals surface area contributed by atoms with Crippen LogP contribution in [0.1, 0.15) is 33.3 Å². The molecule has 0 saturated carbocycles. The average Bonchev–Trinajstić information content (AvgIpc) is 2.17. The lowest BCUT2D eigenvalue weighted by molar-refractivity contribution is -0.121. The monoisotopic (exact) mass is 219 g/mol. The van der Waals surface area contributed by atoms with Crippen LogP contribution in [-0.2, 0) is 11.2 Å². The number of carbonyl (C=O) groups is 1. The Morgan fingerprint density at radius 1 is 1.25 bits per heavy atom. The van der Waals surface area contributed by atoms with Crippen LogP contribution < -0.4 is 5.32 Å². The number of carbonyl (C=O) groups excluding carboxylic acids is 1. The largest absolute Gasteiger partial charge is 0.353 e. The third-order valence-corrected chi connectivity index (χ3v) is 2.88. The van der Waals surface area contributed by atoms with Gasteiger partial charge >= 0.3 is 0 Å². The molecule has 0 spiro atoms. The van der Waals surface area contributed by atoms with E-state index in [-0.39, 0.29) is 17.4 Å². The molecule has 0 heterocycles. The summed E-state index contributed by atoms with van der Waals surface area (Å²) in [5.41, 5.74) is 1.16. The molecule has 0 fully saturated rings. The van der Waals surface area contributed by atoms with Gasteiger partial charge in [-0.15, -0.1) is 0 Å². The second-order valence-corrected chi connectivity index (χ2v) is 5.32. The fourth-order valence-corrected chi connectivity index (χ4v) is 1.29. The molecule has 88 valence electrons. The summed E-state index contributed by atoms with van der Waals surface area (Å²) < 4.78 is 0. The molecular formula is C14H21NO. The van der Waals surface area contributed by atoms with Gasteiger partial charge in [0.2, 0.25) is 5.91 Å². The summed E-state index contributed by atoms with van der Waals surface area (Å²) >= 11 is 0. The van der Waals surface area contributed by atoms with Crippen LogP contribution in [0.2, 0.25) is 0 Å². The summed E-state index contributed by atoms with van der Waals surface area (Å²) in [5.74, 6) is 0.0913. The summed E-state index contributed by atoms with van der Waals surface area (Å²) in [6.07, 6.45) is 0.460. The van der Waals surface area contributed by atoms with Gasteiger partial charge in [-0.2, -0.15) is 0 Å². The third-order valence-electron chi connectivity index (χ3n) is 2.88. The van der Waals surface area contributed by atoms with Crippen molar-refractivity contribution in [2.24, 2.45) is 5.41 Å². The van der Waals surface area contributed by atoms with Gasteiger partial charge in [0.25, 0.3) is 0 Å². The Morgan fingerprint density at radius 3 is 2.31 bits per heavy atom. The molecule has 1 rings (SSSR count). The van der Waals surface area contributed by atoms with E-state index < -0.39 is 0 Å². The SMILES string of the molecule is C[C@@H](NC(=O)Cc1ccccc1)C(C)(C)C. The van der Waals surface area contributed by atoms with Crippen molar-refractivity contribution < 1.29 is 4.79 Å². The highest BCUT2D eigenvalue weighted by Crippen LogP contribution is 2.18. The van der Waals surface area contributed by atoms with Crippen LogP contribution in [0, 0.1) is 5.41 Å². The first-order chi connectivity index (χ1) is 7.39. The molecule has 0 aromatic heterocycles. The van der Waals surface area contributed by atoms with Crippen molar-refractivity contribution in [1.29, 1.82) is 0 Å². The van der Waals surface area contributed by atoms with Crippen LogP contribution in [0.25, 0.3) is 0 Å². The summed E-state index contributed by atoms with van der Waals surface area (Å²) in [6.45, 7) is 8.42. The summed E-state index contributed by atoms with van der Waals surface area (Å²) in [5, 5.41) is 3.03. The Bertz CT molecular complexity index is 338. The Kier molecular flexibility index (Phi) is 4.11. The second-order valence-electron chi connectivity index (χ2n) is 5.32. The molecule has 2 nitrogen and oxygen atoms in total. The average molecular weight is 219 g/mol. The van der Waals surface area contributed by atoms with E-state index in [1.807, 2.05) is 37.3 Å². The molecular weight excluding hydrogens is 198 g/mol. The zero-order chi connectivity index (χ0) is 12.2. The van der Waals surface area contributed by atoms with Gasteiger partial charge in [0.1, 0.15) is 0 Å². The highest BCUT2D eigenvalue weighted by Gasteiger charge is 2.21. The Labute approximate surface area is 98.1 Å². The number of rotatable bonds is 3.